The zero-order valence-corrected chi connectivity index (χ0v) is 24.5. The highest BCUT2D eigenvalue weighted by Gasteiger charge is 2.43. The number of nitrogens with zero attached hydrogens (tertiary/aromatic N) is 4. The normalized spacial score (nSPS) is 17.8. The minimum absolute atomic E-state index is 0.0136. The van der Waals surface area contributed by atoms with E-state index < -0.39 is 6.04 Å². The molecule has 41 heavy (non-hydrogen) atoms. The summed E-state index contributed by atoms with van der Waals surface area (Å²) in [5, 5.41) is 3.87. The SMILES string of the molecule is Cc1ccc(N2C(=O)[C@@H](CC(=O)Nc3ccc(Cl)cc3)N(CCCN3CCN(c4ccc(F)cc4)CC3)C2=S)cc1. The number of nitrogens with one attached hydrogen (secondary N) is 1. The Morgan fingerprint density at radius 1 is 0.927 bits per heavy atom. The van der Waals surface area contributed by atoms with Crippen LogP contribution in [0.25, 0.3) is 0 Å². The maximum atomic E-state index is 13.7. The summed E-state index contributed by atoms with van der Waals surface area (Å²) in [7, 11) is 0. The first kappa shape index (κ1) is 29.0. The smallest absolute Gasteiger partial charge is 0.256 e. The average Bonchev–Trinajstić information content (AvgIpc) is 3.19. The fourth-order valence-corrected chi connectivity index (χ4v) is 5.83. The number of hydrogen-bond acceptors (Lipinski definition) is 5. The van der Waals surface area contributed by atoms with Crippen molar-refractivity contribution < 1.29 is 14.0 Å². The van der Waals surface area contributed by atoms with Crippen LogP contribution in [-0.2, 0) is 9.59 Å². The summed E-state index contributed by atoms with van der Waals surface area (Å²) >= 11 is 11.8. The number of rotatable bonds is 9. The van der Waals surface area contributed by atoms with E-state index in [1.807, 2.05) is 48.2 Å². The summed E-state index contributed by atoms with van der Waals surface area (Å²) in [5.74, 6) is -0.688. The number of thiocarbonyl (C=S) groups is 1. The molecule has 0 radical (unpaired) electrons. The molecule has 2 amide bonds. The zero-order chi connectivity index (χ0) is 28.9. The number of carbonyl (C=O) groups excluding carboxylic acids is 2. The number of carbonyl (C=O) groups is 2. The van der Waals surface area contributed by atoms with Crippen molar-refractivity contribution in [1.29, 1.82) is 0 Å². The van der Waals surface area contributed by atoms with Crippen molar-refractivity contribution in [2.24, 2.45) is 0 Å². The topological polar surface area (TPSA) is 59.1 Å². The van der Waals surface area contributed by atoms with Crippen LogP contribution in [0.1, 0.15) is 18.4 Å². The molecule has 1 atom stereocenters. The molecule has 3 aromatic carbocycles. The molecule has 5 rings (SSSR count). The molecule has 2 fully saturated rings. The maximum Gasteiger partial charge on any atom is 0.256 e. The number of halogens is 2. The Morgan fingerprint density at radius 3 is 2.22 bits per heavy atom. The standard InChI is InChI=1S/C31H33ClFN5O2S/c1-22-3-11-27(12-4-22)38-30(40)28(21-29(39)34-25-9-5-23(32)6-10-25)37(31(38)41)16-2-15-35-17-19-36(20-18-35)26-13-7-24(33)8-14-26/h3-14,28H,2,15-21H2,1H3,(H,34,39)/t28-/m1/s1. The van der Waals surface area contributed by atoms with Gasteiger partial charge in [-0.2, -0.15) is 0 Å². The van der Waals surface area contributed by atoms with Gasteiger partial charge in [0.25, 0.3) is 5.91 Å². The van der Waals surface area contributed by atoms with Crippen molar-refractivity contribution >= 4 is 57.8 Å². The Kier molecular flexibility index (Phi) is 9.17. The molecule has 10 heteroatoms. The van der Waals surface area contributed by atoms with Gasteiger partial charge in [-0.25, -0.2) is 4.39 Å². The van der Waals surface area contributed by atoms with Crippen molar-refractivity contribution in [3.8, 4) is 0 Å². The molecule has 0 aromatic heterocycles. The van der Waals surface area contributed by atoms with Crippen molar-refractivity contribution in [2.45, 2.75) is 25.8 Å². The highest BCUT2D eigenvalue weighted by Crippen LogP contribution is 2.28. The summed E-state index contributed by atoms with van der Waals surface area (Å²) in [6.07, 6.45) is 0.779. The van der Waals surface area contributed by atoms with Gasteiger partial charge in [0, 0.05) is 49.1 Å². The first-order chi connectivity index (χ1) is 19.8. The van der Waals surface area contributed by atoms with Crippen LogP contribution in [0.15, 0.2) is 72.8 Å². The van der Waals surface area contributed by atoms with Gasteiger partial charge in [0.05, 0.1) is 12.1 Å². The number of piperazine rings is 1. The van der Waals surface area contributed by atoms with Gasteiger partial charge in [-0.1, -0.05) is 29.3 Å². The van der Waals surface area contributed by atoms with E-state index in [2.05, 4.69) is 15.1 Å². The van der Waals surface area contributed by atoms with E-state index >= 15 is 0 Å². The number of hydrogen-bond donors (Lipinski definition) is 1. The first-order valence-electron chi connectivity index (χ1n) is 13.8. The molecule has 7 nitrogen and oxygen atoms in total. The Labute approximate surface area is 250 Å². The Bertz CT molecular complexity index is 1380. The van der Waals surface area contributed by atoms with Crippen molar-refractivity contribution in [2.75, 3.05) is 54.4 Å². The second-order valence-electron chi connectivity index (χ2n) is 10.4. The molecule has 2 saturated heterocycles. The van der Waals surface area contributed by atoms with Crippen LogP contribution in [0.4, 0.5) is 21.5 Å². The summed E-state index contributed by atoms with van der Waals surface area (Å²) in [5.41, 5.74) is 3.44. The summed E-state index contributed by atoms with van der Waals surface area (Å²) in [6, 6.07) is 20.5. The number of benzene rings is 3. The van der Waals surface area contributed by atoms with Crippen molar-refractivity contribution in [3.63, 3.8) is 0 Å². The summed E-state index contributed by atoms with van der Waals surface area (Å²) in [4.78, 5) is 34.8. The van der Waals surface area contributed by atoms with Gasteiger partial charge in [-0.15, -0.1) is 0 Å². The molecule has 2 aliphatic heterocycles. The largest absolute Gasteiger partial charge is 0.369 e. The maximum absolute atomic E-state index is 13.7. The molecule has 3 aromatic rings. The minimum Gasteiger partial charge on any atom is -0.369 e. The lowest BCUT2D eigenvalue weighted by atomic mass is 10.1. The van der Waals surface area contributed by atoms with Crippen molar-refractivity contribution in [3.05, 3.63) is 89.2 Å². The number of aryl methyl sites for hydroxylation is 1. The first-order valence-corrected chi connectivity index (χ1v) is 14.6. The van der Waals surface area contributed by atoms with E-state index in [-0.39, 0.29) is 24.1 Å². The second kappa shape index (κ2) is 13.0. The average molecular weight is 594 g/mol. The van der Waals surface area contributed by atoms with E-state index in [1.165, 1.54) is 12.1 Å². The monoisotopic (exact) mass is 593 g/mol. The predicted molar refractivity (Wildman–Crippen MR) is 166 cm³/mol. The van der Waals surface area contributed by atoms with Gasteiger partial charge in [-0.3, -0.25) is 19.4 Å². The fourth-order valence-electron chi connectivity index (χ4n) is 5.29. The molecular weight excluding hydrogens is 561 g/mol. The third-order valence-electron chi connectivity index (χ3n) is 7.55. The lowest BCUT2D eigenvalue weighted by molar-refractivity contribution is -0.124. The lowest BCUT2D eigenvalue weighted by Gasteiger charge is -2.36. The van der Waals surface area contributed by atoms with E-state index in [9.17, 15) is 14.0 Å². The molecule has 0 bridgehead atoms. The van der Waals surface area contributed by atoms with E-state index in [1.54, 1.807) is 29.2 Å². The van der Waals surface area contributed by atoms with Crippen molar-refractivity contribution in [1.82, 2.24) is 9.80 Å². The van der Waals surface area contributed by atoms with Gasteiger partial charge in [0.15, 0.2) is 5.11 Å². The third-order valence-corrected chi connectivity index (χ3v) is 8.22. The van der Waals surface area contributed by atoms with Gasteiger partial charge in [0.1, 0.15) is 11.9 Å². The van der Waals surface area contributed by atoms with Crippen LogP contribution in [0.2, 0.25) is 5.02 Å². The van der Waals surface area contributed by atoms with Crippen LogP contribution in [0.3, 0.4) is 0 Å². The second-order valence-corrected chi connectivity index (χ2v) is 11.2. The molecular formula is C31H33ClFN5O2S. The number of amides is 2. The van der Waals surface area contributed by atoms with Crippen LogP contribution in [-0.4, -0.2) is 72.0 Å². The highest BCUT2D eigenvalue weighted by molar-refractivity contribution is 7.80. The quantitative estimate of drug-likeness (QED) is 0.339. The van der Waals surface area contributed by atoms with E-state index in [0.29, 0.717) is 28.1 Å². The molecule has 0 spiro atoms. The molecule has 0 unspecified atom stereocenters. The zero-order valence-electron chi connectivity index (χ0n) is 22.9. The third kappa shape index (κ3) is 7.04. The van der Waals surface area contributed by atoms with Crippen LogP contribution in [0.5, 0.6) is 0 Å². The Morgan fingerprint density at radius 2 is 1.56 bits per heavy atom. The molecule has 214 valence electrons. The molecule has 2 aliphatic rings. The highest BCUT2D eigenvalue weighted by atomic mass is 35.5. The molecule has 0 saturated carbocycles. The minimum atomic E-state index is -0.688. The van der Waals surface area contributed by atoms with Crippen LogP contribution in [0, 0.1) is 12.7 Å². The predicted octanol–water partition coefficient (Wildman–Crippen LogP) is 5.33. The van der Waals surface area contributed by atoms with Crippen LogP contribution < -0.4 is 15.1 Å². The van der Waals surface area contributed by atoms with Gasteiger partial charge < -0.3 is 15.1 Å². The van der Waals surface area contributed by atoms with Gasteiger partial charge >= 0.3 is 0 Å². The Hall–Kier alpha value is -3.53. The fraction of sp³-hybridized carbons (Fsp3) is 0.323. The lowest BCUT2D eigenvalue weighted by Crippen LogP contribution is -2.47. The molecule has 1 N–H and O–H groups in total. The van der Waals surface area contributed by atoms with E-state index in [0.717, 1.165) is 50.4 Å². The Balaban J connectivity index is 1.22. The number of anilines is 3. The van der Waals surface area contributed by atoms with Crippen LogP contribution >= 0.6 is 23.8 Å². The molecule has 0 aliphatic carbocycles. The molecule has 2 heterocycles. The summed E-state index contributed by atoms with van der Waals surface area (Å²) in [6.45, 7) is 6.90. The van der Waals surface area contributed by atoms with E-state index in [4.69, 9.17) is 23.8 Å². The van der Waals surface area contributed by atoms with Gasteiger partial charge in [-0.05, 0) is 92.8 Å². The van der Waals surface area contributed by atoms with Gasteiger partial charge in [0.2, 0.25) is 5.91 Å². The summed E-state index contributed by atoms with van der Waals surface area (Å²) < 4.78 is 13.3.